The quantitative estimate of drug-likeness (QED) is 0.785. The maximum absolute atomic E-state index is 12.5. The Balaban J connectivity index is 2.19. The van der Waals surface area contributed by atoms with Crippen LogP contribution in [0.2, 0.25) is 0 Å². The van der Waals surface area contributed by atoms with Crippen LogP contribution in [-0.2, 0) is 14.3 Å². The third-order valence-electron chi connectivity index (χ3n) is 3.59. The van der Waals surface area contributed by atoms with Gasteiger partial charge in [0.2, 0.25) is 0 Å². The summed E-state index contributed by atoms with van der Waals surface area (Å²) >= 11 is 0. The summed E-state index contributed by atoms with van der Waals surface area (Å²) in [6, 6.07) is -0.431. The van der Waals surface area contributed by atoms with E-state index in [-0.39, 0.29) is 17.1 Å². The van der Waals surface area contributed by atoms with Crippen LogP contribution in [0, 0.1) is 5.41 Å². The average molecular weight is 321 g/mol. The van der Waals surface area contributed by atoms with E-state index in [2.05, 4.69) is 14.7 Å². The van der Waals surface area contributed by atoms with Gasteiger partial charge < -0.3 is 14.4 Å². The van der Waals surface area contributed by atoms with E-state index in [1.165, 1.54) is 19.5 Å². The first-order valence-electron chi connectivity index (χ1n) is 7.45. The number of hydrogen-bond donors (Lipinski definition) is 0. The van der Waals surface area contributed by atoms with Gasteiger partial charge in [-0.3, -0.25) is 0 Å². The molecule has 1 atom stereocenters. The van der Waals surface area contributed by atoms with E-state index in [1.54, 1.807) is 0 Å². The van der Waals surface area contributed by atoms with Crippen LogP contribution in [-0.4, -0.2) is 47.2 Å². The topological polar surface area (TPSA) is 81.6 Å². The third-order valence-corrected chi connectivity index (χ3v) is 3.59. The van der Waals surface area contributed by atoms with Crippen molar-refractivity contribution >= 4 is 17.8 Å². The molecule has 2 rings (SSSR count). The number of methoxy groups -OCH3 is 1. The van der Waals surface area contributed by atoms with Crippen molar-refractivity contribution in [1.29, 1.82) is 0 Å². The lowest BCUT2D eigenvalue weighted by Gasteiger charge is -2.53. The van der Waals surface area contributed by atoms with E-state index in [0.29, 0.717) is 12.4 Å². The molecule has 0 N–H and O–H groups in total. The monoisotopic (exact) mass is 321 g/mol. The minimum absolute atomic E-state index is 0.129. The van der Waals surface area contributed by atoms with E-state index in [0.717, 1.165) is 0 Å². The third kappa shape index (κ3) is 3.60. The Kier molecular flexibility index (Phi) is 4.32. The molecule has 0 aromatic carbocycles. The van der Waals surface area contributed by atoms with E-state index < -0.39 is 17.6 Å². The molecule has 0 radical (unpaired) electrons. The van der Waals surface area contributed by atoms with Crippen LogP contribution in [0.25, 0.3) is 0 Å². The van der Waals surface area contributed by atoms with Crippen LogP contribution >= 0.6 is 0 Å². The molecule has 1 aromatic heterocycles. The maximum Gasteiger partial charge on any atom is 0.358 e. The number of ether oxygens (including phenoxy) is 2. The van der Waals surface area contributed by atoms with Gasteiger partial charge in [0.25, 0.3) is 0 Å². The number of nitrogens with zero attached hydrogens (tertiary/aromatic N) is 3. The van der Waals surface area contributed by atoms with Crippen molar-refractivity contribution in [2.45, 2.75) is 46.3 Å². The van der Waals surface area contributed by atoms with E-state index in [1.807, 2.05) is 39.5 Å². The molecule has 126 valence electrons. The summed E-state index contributed by atoms with van der Waals surface area (Å²) in [5.41, 5.74) is -0.635. The van der Waals surface area contributed by atoms with Crippen LogP contribution < -0.4 is 4.90 Å². The number of carbonyl (C=O) groups excluding carboxylic acids is 2. The zero-order valence-corrected chi connectivity index (χ0v) is 14.4. The van der Waals surface area contributed by atoms with Gasteiger partial charge in [0, 0.05) is 12.0 Å². The summed E-state index contributed by atoms with van der Waals surface area (Å²) in [5, 5.41) is 0. The van der Waals surface area contributed by atoms with Gasteiger partial charge in [0.1, 0.15) is 17.5 Å². The summed E-state index contributed by atoms with van der Waals surface area (Å²) in [6.07, 6.45) is 2.82. The molecule has 1 fully saturated rings. The minimum atomic E-state index is -0.547. The van der Waals surface area contributed by atoms with E-state index in [9.17, 15) is 9.59 Å². The Labute approximate surface area is 136 Å². The summed E-state index contributed by atoms with van der Waals surface area (Å²) in [6.45, 7) is 10.2. The molecular weight excluding hydrogens is 298 g/mol. The number of esters is 2. The van der Waals surface area contributed by atoms with Crippen molar-refractivity contribution in [2.24, 2.45) is 5.41 Å². The molecule has 1 unspecified atom stereocenters. The fourth-order valence-corrected chi connectivity index (χ4v) is 2.62. The smallest absolute Gasteiger partial charge is 0.358 e. The second kappa shape index (κ2) is 5.79. The molecule has 1 aliphatic rings. The maximum atomic E-state index is 12.5. The zero-order valence-electron chi connectivity index (χ0n) is 14.4. The molecule has 23 heavy (non-hydrogen) atoms. The van der Waals surface area contributed by atoms with Gasteiger partial charge >= 0.3 is 11.9 Å². The van der Waals surface area contributed by atoms with Crippen molar-refractivity contribution in [3.63, 3.8) is 0 Å². The molecule has 1 aromatic rings. The fraction of sp³-hybridized carbons (Fsp3) is 0.625. The van der Waals surface area contributed by atoms with E-state index >= 15 is 0 Å². The molecule has 0 aliphatic carbocycles. The molecule has 0 amide bonds. The highest BCUT2D eigenvalue weighted by molar-refractivity contribution is 5.87. The van der Waals surface area contributed by atoms with Crippen molar-refractivity contribution < 1.29 is 19.1 Å². The molecule has 7 heteroatoms. The number of anilines is 1. The Morgan fingerprint density at radius 2 is 1.91 bits per heavy atom. The second-order valence-corrected chi connectivity index (χ2v) is 7.30. The first kappa shape index (κ1) is 17.2. The van der Waals surface area contributed by atoms with Crippen LogP contribution in [0.4, 0.5) is 5.82 Å². The fourth-order valence-electron chi connectivity index (χ4n) is 2.62. The largest absolute Gasteiger partial charge is 0.464 e. The molecule has 0 saturated carbocycles. The van der Waals surface area contributed by atoms with Crippen molar-refractivity contribution in [3.05, 3.63) is 18.1 Å². The number of aromatic nitrogens is 2. The lowest BCUT2D eigenvalue weighted by atomic mass is 9.75. The Bertz CT molecular complexity index is 605. The van der Waals surface area contributed by atoms with Gasteiger partial charge in [-0.25, -0.2) is 19.6 Å². The van der Waals surface area contributed by atoms with Crippen molar-refractivity contribution in [1.82, 2.24) is 9.97 Å². The van der Waals surface area contributed by atoms with E-state index in [4.69, 9.17) is 4.74 Å². The summed E-state index contributed by atoms with van der Waals surface area (Å²) < 4.78 is 10.1. The Morgan fingerprint density at radius 1 is 1.26 bits per heavy atom. The van der Waals surface area contributed by atoms with Crippen LogP contribution in [0.3, 0.4) is 0 Å². The van der Waals surface area contributed by atoms with Gasteiger partial charge in [0.05, 0.1) is 19.5 Å². The predicted octanol–water partition coefficient (Wildman–Crippen LogP) is 1.82. The van der Waals surface area contributed by atoms with Crippen LogP contribution in [0.1, 0.15) is 45.1 Å². The first-order valence-corrected chi connectivity index (χ1v) is 7.45. The summed E-state index contributed by atoms with van der Waals surface area (Å²) in [5.74, 6) is -0.294. The van der Waals surface area contributed by atoms with Gasteiger partial charge in [-0.05, 0) is 20.8 Å². The van der Waals surface area contributed by atoms with Crippen molar-refractivity contribution in [2.75, 3.05) is 18.6 Å². The average Bonchev–Trinajstić information content (AvgIpc) is 2.42. The van der Waals surface area contributed by atoms with Gasteiger partial charge in [-0.1, -0.05) is 13.8 Å². The number of rotatable bonds is 3. The molecule has 1 saturated heterocycles. The normalized spacial score (nSPS) is 19.7. The van der Waals surface area contributed by atoms with Crippen LogP contribution in [0.5, 0.6) is 0 Å². The van der Waals surface area contributed by atoms with Crippen LogP contribution in [0.15, 0.2) is 12.4 Å². The van der Waals surface area contributed by atoms with Gasteiger partial charge in [-0.2, -0.15) is 0 Å². The Hall–Kier alpha value is -2.18. The van der Waals surface area contributed by atoms with Gasteiger partial charge in [-0.15, -0.1) is 0 Å². The molecule has 0 bridgehead atoms. The highest BCUT2D eigenvalue weighted by Crippen LogP contribution is 2.40. The Morgan fingerprint density at radius 3 is 2.35 bits per heavy atom. The van der Waals surface area contributed by atoms with Crippen molar-refractivity contribution in [3.8, 4) is 0 Å². The summed E-state index contributed by atoms with van der Waals surface area (Å²) in [4.78, 5) is 34.0. The standard InChI is InChI=1S/C16H23N3O4/c1-15(2,3)23-14(21)12-16(4,5)9-19(12)11-8-17-10(7-18-11)13(20)22-6/h7-8,12H,9H2,1-6H3. The lowest BCUT2D eigenvalue weighted by Crippen LogP contribution is -2.67. The van der Waals surface area contributed by atoms with Gasteiger partial charge in [0.15, 0.2) is 5.69 Å². The lowest BCUT2D eigenvalue weighted by molar-refractivity contribution is -0.162. The summed E-state index contributed by atoms with van der Waals surface area (Å²) in [7, 11) is 1.29. The predicted molar refractivity (Wildman–Crippen MR) is 84.1 cm³/mol. The molecule has 7 nitrogen and oxygen atoms in total. The second-order valence-electron chi connectivity index (χ2n) is 7.30. The number of carbonyl (C=O) groups is 2. The zero-order chi connectivity index (χ0) is 17.4. The number of hydrogen-bond acceptors (Lipinski definition) is 7. The molecular formula is C16H23N3O4. The molecule has 0 spiro atoms. The molecule has 2 heterocycles. The SMILES string of the molecule is COC(=O)c1cnc(N2CC(C)(C)C2C(=O)OC(C)(C)C)cn1. The highest BCUT2D eigenvalue weighted by atomic mass is 16.6. The minimum Gasteiger partial charge on any atom is -0.464 e. The molecule has 1 aliphatic heterocycles. The highest BCUT2D eigenvalue weighted by Gasteiger charge is 2.52. The first-order chi connectivity index (χ1) is 10.5.